The van der Waals surface area contributed by atoms with Gasteiger partial charge in [0.15, 0.2) is 5.82 Å². The van der Waals surface area contributed by atoms with Crippen LogP contribution in [0.3, 0.4) is 0 Å². The van der Waals surface area contributed by atoms with Crippen LogP contribution in [0.1, 0.15) is 10.5 Å². The van der Waals surface area contributed by atoms with Gasteiger partial charge in [0.1, 0.15) is 18.4 Å². The molecule has 2 rings (SSSR count). The van der Waals surface area contributed by atoms with E-state index in [-0.39, 0.29) is 18.2 Å². The van der Waals surface area contributed by atoms with Gasteiger partial charge in [-0.25, -0.2) is 4.98 Å². The molecule has 1 amide bonds. The van der Waals surface area contributed by atoms with Gasteiger partial charge >= 0.3 is 0 Å². The maximum Gasteiger partial charge on any atom is 0.267 e. The van der Waals surface area contributed by atoms with E-state index in [2.05, 4.69) is 21.7 Å². The lowest BCUT2D eigenvalue weighted by Crippen LogP contribution is -2.22. The Morgan fingerprint density at radius 2 is 1.87 bits per heavy atom. The first-order valence-electron chi connectivity index (χ1n) is 6.59. The zero-order valence-corrected chi connectivity index (χ0v) is 12.3. The largest absolute Gasteiger partial charge is 0.475 e. The average Bonchev–Trinajstić information content (AvgIpc) is 2.61. The van der Waals surface area contributed by atoms with Crippen LogP contribution in [0.25, 0.3) is 11.4 Å². The standard InChI is InChI=1S/C14H15N3O4.H4N2/c15-13(20)11-6-12(21-8-10(19)7-18)17-14(16-11)9-4-2-1-3-5-9;1-2/h1-6,10,18-19H,7-8H2,(H2,15,20);1-2H2. The minimum atomic E-state index is -1.03. The van der Waals surface area contributed by atoms with Crippen molar-refractivity contribution in [2.75, 3.05) is 13.2 Å². The summed E-state index contributed by atoms with van der Waals surface area (Å²) in [4.78, 5) is 19.5. The number of rotatable bonds is 6. The third-order valence-corrected chi connectivity index (χ3v) is 2.62. The summed E-state index contributed by atoms with van der Waals surface area (Å²) in [7, 11) is 0. The van der Waals surface area contributed by atoms with Crippen LogP contribution in [-0.2, 0) is 0 Å². The summed E-state index contributed by atoms with van der Waals surface area (Å²) in [5, 5.41) is 18.0. The Morgan fingerprint density at radius 3 is 2.43 bits per heavy atom. The number of hydrogen-bond donors (Lipinski definition) is 5. The SMILES string of the molecule is NC(=O)c1cc(OCC(O)CO)nc(-c2ccccc2)n1.NN. The maximum atomic E-state index is 11.3. The third kappa shape index (κ3) is 5.60. The molecule has 23 heavy (non-hydrogen) atoms. The minimum absolute atomic E-state index is 0.0114. The highest BCUT2D eigenvalue weighted by Crippen LogP contribution is 2.19. The molecule has 1 aromatic heterocycles. The first-order chi connectivity index (χ1) is 11.1. The summed E-state index contributed by atoms with van der Waals surface area (Å²) < 4.78 is 5.24. The van der Waals surface area contributed by atoms with E-state index in [1.807, 2.05) is 18.2 Å². The van der Waals surface area contributed by atoms with Crippen LogP contribution >= 0.6 is 0 Å². The summed E-state index contributed by atoms with van der Waals surface area (Å²) in [6, 6.07) is 10.3. The monoisotopic (exact) mass is 321 g/mol. The van der Waals surface area contributed by atoms with Crippen molar-refractivity contribution in [3.8, 4) is 17.3 Å². The zero-order chi connectivity index (χ0) is 17.2. The highest BCUT2D eigenvalue weighted by atomic mass is 16.5. The number of carbonyl (C=O) groups excluding carboxylic acids is 1. The number of aromatic nitrogens is 2. The summed E-state index contributed by atoms with van der Waals surface area (Å²) in [5.74, 6) is 7.69. The first-order valence-corrected chi connectivity index (χ1v) is 6.59. The zero-order valence-electron chi connectivity index (χ0n) is 12.3. The van der Waals surface area contributed by atoms with Crippen LogP contribution in [0, 0.1) is 0 Å². The maximum absolute atomic E-state index is 11.3. The Bertz CT molecular complexity index is 624. The number of nitrogens with zero attached hydrogens (tertiary/aromatic N) is 2. The Morgan fingerprint density at radius 1 is 1.22 bits per heavy atom. The molecule has 0 saturated carbocycles. The van der Waals surface area contributed by atoms with Crippen molar-refractivity contribution in [2.24, 2.45) is 17.4 Å². The molecule has 124 valence electrons. The molecule has 0 aliphatic rings. The molecular formula is C14H19N5O4. The average molecular weight is 321 g/mol. The topological polar surface area (TPSA) is 171 Å². The quantitative estimate of drug-likeness (QED) is 0.326. The first kappa shape index (κ1) is 18.5. The molecule has 0 fully saturated rings. The lowest BCUT2D eigenvalue weighted by atomic mass is 10.2. The second-order valence-corrected chi connectivity index (χ2v) is 4.29. The van der Waals surface area contributed by atoms with E-state index in [0.29, 0.717) is 11.4 Å². The fourth-order valence-corrected chi connectivity index (χ4v) is 1.58. The molecule has 1 unspecified atom stereocenters. The lowest BCUT2D eigenvalue weighted by molar-refractivity contribution is 0.0520. The van der Waals surface area contributed by atoms with E-state index < -0.39 is 18.6 Å². The Hall–Kier alpha value is -2.59. The highest BCUT2D eigenvalue weighted by Gasteiger charge is 2.12. The molecular weight excluding hydrogens is 302 g/mol. The van der Waals surface area contributed by atoms with Crippen molar-refractivity contribution in [1.29, 1.82) is 0 Å². The van der Waals surface area contributed by atoms with Crippen molar-refractivity contribution in [3.05, 3.63) is 42.1 Å². The van der Waals surface area contributed by atoms with Crippen LogP contribution in [-0.4, -0.2) is 45.4 Å². The number of aliphatic hydroxyl groups is 2. The number of ether oxygens (including phenoxy) is 1. The molecule has 0 aliphatic heterocycles. The van der Waals surface area contributed by atoms with Gasteiger partial charge in [0, 0.05) is 11.6 Å². The van der Waals surface area contributed by atoms with Gasteiger partial charge in [-0.2, -0.15) is 4.98 Å². The Balaban J connectivity index is 0.00000127. The molecule has 1 atom stereocenters. The molecule has 1 heterocycles. The number of carbonyl (C=O) groups is 1. The molecule has 9 heteroatoms. The summed E-state index contributed by atoms with van der Waals surface area (Å²) in [6.07, 6.45) is -1.03. The fourth-order valence-electron chi connectivity index (χ4n) is 1.58. The Kier molecular flexibility index (Phi) is 7.57. The van der Waals surface area contributed by atoms with E-state index in [1.165, 1.54) is 6.07 Å². The molecule has 0 spiro atoms. The van der Waals surface area contributed by atoms with Crippen molar-refractivity contribution in [2.45, 2.75) is 6.10 Å². The smallest absolute Gasteiger partial charge is 0.267 e. The van der Waals surface area contributed by atoms with Gasteiger partial charge in [-0.1, -0.05) is 30.3 Å². The van der Waals surface area contributed by atoms with Gasteiger partial charge in [0.2, 0.25) is 5.88 Å². The summed E-state index contributed by atoms with van der Waals surface area (Å²) >= 11 is 0. The molecule has 9 nitrogen and oxygen atoms in total. The van der Waals surface area contributed by atoms with E-state index in [4.69, 9.17) is 15.6 Å². The minimum Gasteiger partial charge on any atom is -0.475 e. The highest BCUT2D eigenvalue weighted by molar-refractivity contribution is 5.91. The summed E-state index contributed by atoms with van der Waals surface area (Å²) in [6.45, 7) is -0.584. The molecule has 0 bridgehead atoms. The lowest BCUT2D eigenvalue weighted by Gasteiger charge is -2.10. The van der Waals surface area contributed by atoms with Crippen LogP contribution in [0.2, 0.25) is 0 Å². The van der Waals surface area contributed by atoms with Crippen LogP contribution < -0.4 is 22.2 Å². The number of primary amides is 1. The fraction of sp³-hybridized carbons (Fsp3) is 0.214. The number of benzene rings is 1. The summed E-state index contributed by atoms with van der Waals surface area (Å²) in [5.41, 5.74) is 5.95. The molecule has 0 saturated heterocycles. The number of amides is 1. The number of nitrogens with two attached hydrogens (primary N) is 3. The van der Waals surface area contributed by atoms with Crippen LogP contribution in [0.4, 0.5) is 0 Å². The third-order valence-electron chi connectivity index (χ3n) is 2.62. The van der Waals surface area contributed by atoms with Gasteiger partial charge in [0.25, 0.3) is 5.91 Å². The number of aliphatic hydroxyl groups excluding tert-OH is 2. The van der Waals surface area contributed by atoms with Crippen molar-refractivity contribution < 1.29 is 19.7 Å². The van der Waals surface area contributed by atoms with Crippen molar-refractivity contribution in [3.63, 3.8) is 0 Å². The van der Waals surface area contributed by atoms with E-state index in [1.54, 1.807) is 12.1 Å². The normalized spacial score (nSPS) is 11.1. The van der Waals surface area contributed by atoms with Crippen molar-refractivity contribution >= 4 is 5.91 Å². The number of hydrazine groups is 1. The van der Waals surface area contributed by atoms with E-state index in [9.17, 15) is 9.90 Å². The van der Waals surface area contributed by atoms with Crippen LogP contribution in [0.15, 0.2) is 36.4 Å². The van der Waals surface area contributed by atoms with Gasteiger partial charge in [-0.3, -0.25) is 16.5 Å². The Labute approximate surface area is 132 Å². The van der Waals surface area contributed by atoms with Gasteiger partial charge in [-0.05, 0) is 0 Å². The van der Waals surface area contributed by atoms with E-state index in [0.717, 1.165) is 0 Å². The second-order valence-electron chi connectivity index (χ2n) is 4.29. The predicted molar refractivity (Wildman–Crippen MR) is 82.9 cm³/mol. The number of hydrogen-bond acceptors (Lipinski definition) is 8. The molecule has 0 radical (unpaired) electrons. The molecule has 1 aromatic carbocycles. The predicted octanol–water partition coefficient (Wildman–Crippen LogP) is -1.21. The second kappa shape index (κ2) is 9.43. The molecule has 2 aromatic rings. The van der Waals surface area contributed by atoms with Gasteiger partial charge < -0.3 is 20.7 Å². The van der Waals surface area contributed by atoms with Crippen molar-refractivity contribution in [1.82, 2.24) is 9.97 Å². The van der Waals surface area contributed by atoms with Gasteiger partial charge in [-0.15, -0.1) is 0 Å². The van der Waals surface area contributed by atoms with Gasteiger partial charge in [0.05, 0.1) is 6.61 Å². The van der Waals surface area contributed by atoms with Crippen LogP contribution in [0.5, 0.6) is 5.88 Å². The van der Waals surface area contributed by atoms with E-state index >= 15 is 0 Å². The molecule has 8 N–H and O–H groups in total. The molecule has 0 aliphatic carbocycles.